The highest BCUT2D eigenvalue weighted by atomic mass is 35.5. The van der Waals surface area contributed by atoms with E-state index in [1.165, 1.54) is 0 Å². The molecule has 188 valence electrons. The van der Waals surface area contributed by atoms with Gasteiger partial charge in [0.2, 0.25) is 5.91 Å². The Balaban J connectivity index is 1.57. The van der Waals surface area contributed by atoms with Crippen molar-refractivity contribution in [2.75, 3.05) is 19.8 Å². The molecule has 1 heterocycles. The van der Waals surface area contributed by atoms with Crippen LogP contribution >= 0.6 is 11.6 Å². The van der Waals surface area contributed by atoms with Crippen molar-refractivity contribution < 1.29 is 19.1 Å². The first kappa shape index (κ1) is 25.7. The van der Waals surface area contributed by atoms with Crippen molar-refractivity contribution in [3.63, 3.8) is 0 Å². The highest BCUT2D eigenvalue weighted by Gasteiger charge is 2.31. The van der Waals surface area contributed by atoms with E-state index < -0.39 is 6.04 Å². The van der Waals surface area contributed by atoms with Crippen LogP contribution in [0.4, 0.5) is 0 Å². The number of hydrogen-bond donors (Lipinski definition) is 1. The van der Waals surface area contributed by atoms with E-state index in [9.17, 15) is 9.59 Å². The number of carbonyl (C=O) groups is 2. The molecule has 1 aliphatic rings. The Labute approximate surface area is 217 Å². The number of halogens is 1. The van der Waals surface area contributed by atoms with Crippen molar-refractivity contribution in [1.29, 1.82) is 0 Å². The lowest BCUT2D eigenvalue weighted by molar-refractivity contribution is -0.143. The monoisotopic (exact) mass is 506 g/mol. The molecular weight excluding hydrogens is 476 g/mol. The van der Waals surface area contributed by atoms with Crippen molar-refractivity contribution in [2.45, 2.75) is 38.0 Å². The maximum atomic E-state index is 13.6. The van der Waals surface area contributed by atoms with Crippen LogP contribution in [0.2, 0.25) is 5.02 Å². The molecule has 1 fully saturated rings. The van der Waals surface area contributed by atoms with Crippen LogP contribution in [-0.2, 0) is 27.3 Å². The molecule has 4 rings (SSSR count). The van der Waals surface area contributed by atoms with Gasteiger partial charge in [-0.15, -0.1) is 0 Å². The topological polar surface area (TPSA) is 67.9 Å². The van der Waals surface area contributed by atoms with E-state index in [0.717, 1.165) is 24.0 Å². The Morgan fingerprint density at radius 2 is 1.67 bits per heavy atom. The summed E-state index contributed by atoms with van der Waals surface area (Å²) in [4.78, 5) is 28.7. The summed E-state index contributed by atoms with van der Waals surface area (Å²) in [6.45, 7) is 1.21. The van der Waals surface area contributed by atoms with E-state index >= 15 is 0 Å². The predicted octanol–water partition coefficient (Wildman–Crippen LogP) is 4.65. The summed E-state index contributed by atoms with van der Waals surface area (Å²) in [7, 11) is 0. The van der Waals surface area contributed by atoms with Gasteiger partial charge in [-0.3, -0.25) is 9.59 Å². The molecule has 2 amide bonds. The van der Waals surface area contributed by atoms with Gasteiger partial charge in [0.25, 0.3) is 5.91 Å². The highest BCUT2D eigenvalue weighted by Crippen LogP contribution is 2.18. The van der Waals surface area contributed by atoms with Crippen LogP contribution < -0.4 is 10.1 Å². The largest absolute Gasteiger partial charge is 0.484 e. The Morgan fingerprint density at radius 3 is 2.33 bits per heavy atom. The quantitative estimate of drug-likeness (QED) is 0.411. The van der Waals surface area contributed by atoms with Crippen molar-refractivity contribution >= 4 is 23.4 Å². The minimum absolute atomic E-state index is 0.00755. The van der Waals surface area contributed by atoms with Gasteiger partial charge in [-0.25, -0.2) is 0 Å². The summed E-state index contributed by atoms with van der Waals surface area (Å²) < 4.78 is 11.4. The average molecular weight is 507 g/mol. The fourth-order valence-electron chi connectivity index (χ4n) is 4.22. The van der Waals surface area contributed by atoms with Crippen LogP contribution in [0.3, 0.4) is 0 Å². The molecule has 0 saturated carbocycles. The normalized spacial score (nSPS) is 15.8. The molecule has 0 spiro atoms. The van der Waals surface area contributed by atoms with Crippen molar-refractivity contribution in [2.24, 2.45) is 0 Å². The Morgan fingerprint density at radius 1 is 0.972 bits per heavy atom. The molecule has 36 heavy (non-hydrogen) atoms. The van der Waals surface area contributed by atoms with Crippen LogP contribution in [-0.4, -0.2) is 48.6 Å². The van der Waals surface area contributed by atoms with Gasteiger partial charge in [0.1, 0.15) is 11.8 Å². The molecule has 6 nitrogen and oxygen atoms in total. The average Bonchev–Trinajstić information content (AvgIpc) is 3.44. The molecule has 1 saturated heterocycles. The molecule has 3 aromatic carbocycles. The predicted molar refractivity (Wildman–Crippen MR) is 140 cm³/mol. The number of benzene rings is 3. The van der Waals surface area contributed by atoms with Crippen LogP contribution in [0, 0.1) is 0 Å². The number of ether oxygens (including phenoxy) is 2. The first-order valence-electron chi connectivity index (χ1n) is 12.2. The fourth-order valence-corrected chi connectivity index (χ4v) is 4.35. The van der Waals surface area contributed by atoms with Crippen LogP contribution in [0.1, 0.15) is 24.0 Å². The standard InChI is InChI=1S/C29H31ClN2O4/c30-24-15-13-23(14-16-24)20-32(28(33)21-36-25-10-5-2-6-11-25)27(18-22-8-3-1-4-9-22)29(34)31-19-26-12-7-17-35-26/h1-6,8-11,13-16,26-27H,7,12,17-21H2,(H,31,34)/t26-,27+/m0/s1. The zero-order valence-electron chi connectivity index (χ0n) is 20.1. The van der Waals surface area contributed by atoms with Crippen molar-refractivity contribution in [3.05, 3.63) is 101 Å². The van der Waals surface area contributed by atoms with Gasteiger partial charge in [0.05, 0.1) is 6.10 Å². The molecule has 0 aromatic heterocycles. The van der Waals surface area contributed by atoms with E-state index in [1.54, 1.807) is 29.2 Å². The fraction of sp³-hybridized carbons (Fsp3) is 0.310. The van der Waals surface area contributed by atoms with Gasteiger partial charge in [-0.1, -0.05) is 72.3 Å². The minimum atomic E-state index is -0.726. The second kappa shape index (κ2) is 13.1. The van der Waals surface area contributed by atoms with Gasteiger partial charge >= 0.3 is 0 Å². The van der Waals surface area contributed by atoms with Gasteiger partial charge in [0.15, 0.2) is 6.61 Å². The SMILES string of the molecule is O=C(NC[C@@H]1CCCO1)[C@@H](Cc1ccccc1)N(Cc1ccc(Cl)cc1)C(=O)COc1ccccc1. The van der Waals surface area contributed by atoms with Gasteiger partial charge in [-0.05, 0) is 48.2 Å². The minimum Gasteiger partial charge on any atom is -0.484 e. The number of carbonyl (C=O) groups excluding carboxylic acids is 2. The zero-order chi connectivity index (χ0) is 25.2. The molecule has 1 aliphatic heterocycles. The third-order valence-electron chi connectivity index (χ3n) is 6.17. The van der Waals surface area contributed by atoms with Gasteiger partial charge in [0, 0.05) is 31.1 Å². The van der Waals surface area contributed by atoms with Crippen LogP contribution in [0.5, 0.6) is 5.75 Å². The van der Waals surface area contributed by atoms with Crippen LogP contribution in [0.25, 0.3) is 0 Å². The van der Waals surface area contributed by atoms with Crippen molar-refractivity contribution in [3.8, 4) is 5.75 Å². The summed E-state index contributed by atoms with van der Waals surface area (Å²) in [6, 6.07) is 25.5. The Kier molecular flexibility index (Phi) is 9.36. The smallest absolute Gasteiger partial charge is 0.261 e. The lowest BCUT2D eigenvalue weighted by Gasteiger charge is -2.31. The van der Waals surface area contributed by atoms with E-state index in [2.05, 4.69) is 5.32 Å². The van der Waals surface area contributed by atoms with Gasteiger partial charge in [-0.2, -0.15) is 0 Å². The van der Waals surface area contributed by atoms with Crippen LogP contribution in [0.15, 0.2) is 84.9 Å². The summed E-state index contributed by atoms with van der Waals surface area (Å²) >= 11 is 6.08. The highest BCUT2D eigenvalue weighted by molar-refractivity contribution is 6.30. The summed E-state index contributed by atoms with van der Waals surface area (Å²) in [6.07, 6.45) is 2.30. The third-order valence-corrected chi connectivity index (χ3v) is 6.42. The molecular formula is C29H31ClN2O4. The molecule has 0 unspecified atom stereocenters. The van der Waals surface area contributed by atoms with E-state index in [0.29, 0.717) is 30.3 Å². The molecule has 0 radical (unpaired) electrons. The van der Waals surface area contributed by atoms with E-state index in [1.807, 2.05) is 60.7 Å². The van der Waals surface area contributed by atoms with E-state index in [-0.39, 0.29) is 31.1 Å². The Hall–Kier alpha value is -3.35. The molecule has 3 aromatic rings. The number of hydrogen-bond acceptors (Lipinski definition) is 4. The Bertz CT molecular complexity index is 1100. The van der Waals surface area contributed by atoms with Gasteiger partial charge < -0.3 is 19.7 Å². The second-order valence-corrected chi connectivity index (χ2v) is 9.27. The number of nitrogens with one attached hydrogen (secondary N) is 1. The maximum absolute atomic E-state index is 13.6. The molecule has 0 aliphatic carbocycles. The van der Waals surface area contributed by atoms with Crippen molar-refractivity contribution in [1.82, 2.24) is 10.2 Å². The number of para-hydroxylation sites is 1. The maximum Gasteiger partial charge on any atom is 0.261 e. The molecule has 0 bridgehead atoms. The summed E-state index contributed by atoms with van der Waals surface area (Å²) in [5, 5.41) is 3.64. The lowest BCUT2D eigenvalue weighted by atomic mass is 10.0. The van der Waals surface area contributed by atoms with E-state index in [4.69, 9.17) is 21.1 Å². The number of rotatable bonds is 11. The molecule has 1 N–H and O–H groups in total. The summed E-state index contributed by atoms with van der Waals surface area (Å²) in [5.74, 6) is 0.109. The summed E-state index contributed by atoms with van der Waals surface area (Å²) in [5.41, 5.74) is 1.84. The number of amides is 2. The lowest BCUT2D eigenvalue weighted by Crippen LogP contribution is -2.52. The second-order valence-electron chi connectivity index (χ2n) is 8.84. The molecule has 7 heteroatoms. The first-order valence-corrected chi connectivity index (χ1v) is 12.6. The zero-order valence-corrected chi connectivity index (χ0v) is 20.9. The third kappa shape index (κ3) is 7.57. The first-order chi connectivity index (χ1) is 17.6. The number of nitrogens with zero attached hydrogens (tertiary/aromatic N) is 1. The molecule has 2 atom stereocenters.